The van der Waals surface area contributed by atoms with Crippen molar-refractivity contribution in [3.05, 3.63) is 11.7 Å². The summed E-state index contributed by atoms with van der Waals surface area (Å²) in [5.74, 6) is 1.28. The standard InChI is InChI=1S/C9H16N4O2/c1-14-7-8-11-9(15-12-8)6-13-4-2-10-3-5-13/h10H,2-7H2,1H3. The molecule has 84 valence electrons. The smallest absolute Gasteiger partial charge is 0.240 e. The van der Waals surface area contributed by atoms with E-state index in [1.165, 1.54) is 0 Å². The Morgan fingerprint density at radius 3 is 3.00 bits per heavy atom. The van der Waals surface area contributed by atoms with E-state index in [-0.39, 0.29) is 0 Å². The molecule has 1 aliphatic heterocycles. The average molecular weight is 212 g/mol. The predicted octanol–water partition coefficient (Wildman–Crippen LogP) is -0.379. The van der Waals surface area contributed by atoms with Crippen LogP contribution in [0.15, 0.2) is 4.52 Å². The first-order valence-corrected chi connectivity index (χ1v) is 5.12. The molecule has 2 rings (SSSR count). The first-order chi connectivity index (χ1) is 7.38. The molecule has 2 heterocycles. The summed E-state index contributed by atoms with van der Waals surface area (Å²) in [7, 11) is 1.62. The van der Waals surface area contributed by atoms with E-state index in [9.17, 15) is 0 Å². The summed E-state index contributed by atoms with van der Waals surface area (Å²) in [5.41, 5.74) is 0. The van der Waals surface area contributed by atoms with Crippen molar-refractivity contribution in [3.8, 4) is 0 Å². The summed E-state index contributed by atoms with van der Waals surface area (Å²) in [6.07, 6.45) is 0. The lowest BCUT2D eigenvalue weighted by atomic mass is 10.3. The van der Waals surface area contributed by atoms with Gasteiger partial charge in [0, 0.05) is 33.3 Å². The van der Waals surface area contributed by atoms with Crippen molar-refractivity contribution in [1.82, 2.24) is 20.4 Å². The number of piperazine rings is 1. The number of nitrogens with one attached hydrogen (secondary N) is 1. The second kappa shape index (κ2) is 5.20. The Labute approximate surface area is 88.6 Å². The highest BCUT2D eigenvalue weighted by Crippen LogP contribution is 2.04. The van der Waals surface area contributed by atoms with Gasteiger partial charge in [-0.1, -0.05) is 5.16 Å². The van der Waals surface area contributed by atoms with Gasteiger partial charge in [0.2, 0.25) is 5.89 Å². The highest BCUT2D eigenvalue weighted by atomic mass is 16.5. The molecule has 0 aromatic carbocycles. The first kappa shape index (κ1) is 10.5. The van der Waals surface area contributed by atoms with Gasteiger partial charge in [-0.2, -0.15) is 4.98 Å². The Bertz CT molecular complexity index is 296. The van der Waals surface area contributed by atoms with Gasteiger partial charge in [0.25, 0.3) is 0 Å². The fourth-order valence-corrected chi connectivity index (χ4v) is 1.60. The van der Waals surface area contributed by atoms with E-state index in [0.717, 1.165) is 32.7 Å². The van der Waals surface area contributed by atoms with E-state index in [1.54, 1.807) is 7.11 Å². The van der Waals surface area contributed by atoms with Gasteiger partial charge in [-0.05, 0) is 0 Å². The molecule has 1 aromatic heterocycles. The molecule has 1 saturated heterocycles. The van der Waals surface area contributed by atoms with E-state index in [2.05, 4.69) is 20.4 Å². The molecular weight excluding hydrogens is 196 g/mol. The summed E-state index contributed by atoms with van der Waals surface area (Å²) in [5, 5.41) is 7.12. The Balaban J connectivity index is 1.86. The van der Waals surface area contributed by atoms with E-state index in [1.807, 2.05) is 0 Å². The van der Waals surface area contributed by atoms with Gasteiger partial charge in [0.15, 0.2) is 5.82 Å². The second-order valence-electron chi connectivity index (χ2n) is 3.56. The largest absolute Gasteiger partial charge is 0.377 e. The Morgan fingerprint density at radius 2 is 2.27 bits per heavy atom. The summed E-state index contributed by atoms with van der Waals surface area (Å²) in [4.78, 5) is 6.52. The average Bonchev–Trinajstić information content (AvgIpc) is 2.68. The van der Waals surface area contributed by atoms with Gasteiger partial charge >= 0.3 is 0 Å². The van der Waals surface area contributed by atoms with Gasteiger partial charge < -0.3 is 14.6 Å². The molecule has 1 aliphatic rings. The minimum absolute atomic E-state index is 0.408. The van der Waals surface area contributed by atoms with Crippen molar-refractivity contribution in [2.45, 2.75) is 13.2 Å². The van der Waals surface area contributed by atoms with Crippen molar-refractivity contribution >= 4 is 0 Å². The molecule has 6 heteroatoms. The number of aromatic nitrogens is 2. The van der Waals surface area contributed by atoms with E-state index >= 15 is 0 Å². The zero-order chi connectivity index (χ0) is 10.5. The monoisotopic (exact) mass is 212 g/mol. The number of nitrogens with zero attached hydrogens (tertiary/aromatic N) is 3. The van der Waals surface area contributed by atoms with Crippen LogP contribution in [0, 0.1) is 0 Å². The summed E-state index contributed by atoms with van der Waals surface area (Å²) >= 11 is 0. The quantitative estimate of drug-likeness (QED) is 0.734. The van der Waals surface area contributed by atoms with Crippen LogP contribution in [0.25, 0.3) is 0 Å². The van der Waals surface area contributed by atoms with E-state index in [4.69, 9.17) is 9.26 Å². The fourth-order valence-electron chi connectivity index (χ4n) is 1.60. The molecule has 0 aliphatic carbocycles. The summed E-state index contributed by atoms with van der Waals surface area (Å²) in [6.45, 7) is 5.26. The number of hydrogen-bond acceptors (Lipinski definition) is 6. The van der Waals surface area contributed by atoms with Crippen LogP contribution in [0.2, 0.25) is 0 Å². The Morgan fingerprint density at radius 1 is 1.47 bits per heavy atom. The predicted molar refractivity (Wildman–Crippen MR) is 53.2 cm³/mol. The summed E-state index contributed by atoms with van der Waals surface area (Å²) < 4.78 is 10.0. The Kier molecular flexibility index (Phi) is 3.65. The second-order valence-corrected chi connectivity index (χ2v) is 3.56. The van der Waals surface area contributed by atoms with Crippen molar-refractivity contribution in [2.24, 2.45) is 0 Å². The molecule has 1 N–H and O–H groups in total. The van der Waals surface area contributed by atoms with Gasteiger partial charge in [0.05, 0.1) is 6.54 Å². The van der Waals surface area contributed by atoms with Crippen LogP contribution in [0.5, 0.6) is 0 Å². The van der Waals surface area contributed by atoms with Crippen LogP contribution >= 0.6 is 0 Å². The lowest BCUT2D eigenvalue weighted by Gasteiger charge is -2.25. The van der Waals surface area contributed by atoms with Crippen molar-refractivity contribution in [3.63, 3.8) is 0 Å². The third-order valence-electron chi connectivity index (χ3n) is 2.35. The highest BCUT2D eigenvalue weighted by molar-refractivity contribution is 4.85. The Hall–Kier alpha value is -0.980. The molecule has 0 atom stereocenters. The lowest BCUT2D eigenvalue weighted by molar-refractivity contribution is 0.174. The van der Waals surface area contributed by atoms with Crippen LogP contribution in [0.1, 0.15) is 11.7 Å². The summed E-state index contributed by atoms with van der Waals surface area (Å²) in [6, 6.07) is 0. The van der Waals surface area contributed by atoms with E-state index in [0.29, 0.717) is 18.3 Å². The molecule has 0 amide bonds. The van der Waals surface area contributed by atoms with Gasteiger partial charge in [-0.25, -0.2) is 0 Å². The van der Waals surface area contributed by atoms with Crippen molar-refractivity contribution in [2.75, 3.05) is 33.3 Å². The van der Waals surface area contributed by atoms with Gasteiger partial charge in [-0.3, -0.25) is 4.90 Å². The number of hydrogen-bond donors (Lipinski definition) is 1. The van der Waals surface area contributed by atoms with Crippen LogP contribution in [0.3, 0.4) is 0 Å². The lowest BCUT2D eigenvalue weighted by Crippen LogP contribution is -2.42. The first-order valence-electron chi connectivity index (χ1n) is 5.12. The zero-order valence-electron chi connectivity index (χ0n) is 8.90. The normalized spacial score (nSPS) is 18.2. The molecule has 0 saturated carbocycles. The van der Waals surface area contributed by atoms with Crippen LogP contribution in [-0.4, -0.2) is 48.3 Å². The molecule has 15 heavy (non-hydrogen) atoms. The van der Waals surface area contributed by atoms with Crippen molar-refractivity contribution in [1.29, 1.82) is 0 Å². The minimum atomic E-state index is 0.408. The zero-order valence-corrected chi connectivity index (χ0v) is 8.90. The SMILES string of the molecule is COCc1noc(CN2CCNCC2)n1. The van der Waals surface area contributed by atoms with Crippen LogP contribution in [0.4, 0.5) is 0 Å². The van der Waals surface area contributed by atoms with Crippen LogP contribution in [-0.2, 0) is 17.9 Å². The third-order valence-corrected chi connectivity index (χ3v) is 2.35. The van der Waals surface area contributed by atoms with Gasteiger partial charge in [-0.15, -0.1) is 0 Å². The molecule has 0 bridgehead atoms. The highest BCUT2D eigenvalue weighted by Gasteiger charge is 2.13. The molecule has 1 aromatic rings. The van der Waals surface area contributed by atoms with Crippen molar-refractivity contribution < 1.29 is 9.26 Å². The molecule has 0 radical (unpaired) electrons. The van der Waals surface area contributed by atoms with E-state index < -0.39 is 0 Å². The third kappa shape index (κ3) is 2.98. The number of methoxy groups -OCH3 is 1. The van der Waals surface area contributed by atoms with Gasteiger partial charge in [0.1, 0.15) is 6.61 Å². The molecule has 0 unspecified atom stereocenters. The maximum atomic E-state index is 5.12. The minimum Gasteiger partial charge on any atom is -0.377 e. The number of ether oxygens (including phenoxy) is 1. The maximum absolute atomic E-state index is 5.12. The molecular formula is C9H16N4O2. The maximum Gasteiger partial charge on any atom is 0.240 e. The molecule has 0 spiro atoms. The van der Waals surface area contributed by atoms with Crippen LogP contribution < -0.4 is 5.32 Å². The number of rotatable bonds is 4. The fraction of sp³-hybridized carbons (Fsp3) is 0.778. The molecule has 1 fully saturated rings. The molecule has 6 nitrogen and oxygen atoms in total. The topological polar surface area (TPSA) is 63.4 Å².